The number of hydrogen-bond acceptors (Lipinski definition) is 4. The minimum absolute atomic E-state index is 0.00742. The third-order valence-electron chi connectivity index (χ3n) is 5.39. The molecule has 1 saturated heterocycles. The first-order valence-corrected chi connectivity index (χ1v) is 10.5. The van der Waals surface area contributed by atoms with Crippen molar-refractivity contribution in [2.45, 2.75) is 65.7 Å². The van der Waals surface area contributed by atoms with Gasteiger partial charge >= 0.3 is 0 Å². The van der Waals surface area contributed by atoms with Crippen molar-refractivity contribution >= 4 is 5.78 Å². The molecule has 1 fully saturated rings. The first kappa shape index (κ1) is 22.5. The highest BCUT2D eigenvalue weighted by atomic mass is 16.3. The summed E-state index contributed by atoms with van der Waals surface area (Å²) in [6.45, 7) is 19.8. The van der Waals surface area contributed by atoms with E-state index in [0.29, 0.717) is 11.3 Å². The Kier molecular flexibility index (Phi) is 6.97. The zero-order valence-corrected chi connectivity index (χ0v) is 18.8. The monoisotopic (exact) mass is 386 g/mol. The van der Waals surface area contributed by atoms with Gasteiger partial charge in [-0.2, -0.15) is 0 Å². The highest BCUT2D eigenvalue weighted by molar-refractivity contribution is 6.05. The first-order valence-electron chi connectivity index (χ1n) is 10.5. The summed E-state index contributed by atoms with van der Waals surface area (Å²) in [6, 6.07) is 3.72. The Labute approximate surface area is 171 Å². The van der Waals surface area contributed by atoms with E-state index in [4.69, 9.17) is 0 Å². The van der Waals surface area contributed by atoms with Crippen molar-refractivity contribution in [3.63, 3.8) is 0 Å². The molecule has 4 nitrogen and oxygen atoms in total. The lowest BCUT2D eigenvalue weighted by Crippen LogP contribution is -2.44. The lowest BCUT2D eigenvalue weighted by atomic mass is 9.78. The molecule has 1 aromatic rings. The smallest absolute Gasteiger partial charge is 0.187 e. The molecule has 1 aromatic carbocycles. The van der Waals surface area contributed by atoms with Crippen LogP contribution in [-0.2, 0) is 10.8 Å². The summed E-state index contributed by atoms with van der Waals surface area (Å²) in [5, 5.41) is 10.8. The number of phenols is 1. The molecule has 0 spiro atoms. The van der Waals surface area contributed by atoms with Crippen LogP contribution in [0, 0.1) is 0 Å². The van der Waals surface area contributed by atoms with Crippen LogP contribution in [0.2, 0.25) is 0 Å². The lowest BCUT2D eigenvalue weighted by molar-refractivity contribution is 0.104. The molecule has 156 valence electrons. The van der Waals surface area contributed by atoms with Gasteiger partial charge in [0.15, 0.2) is 5.78 Å². The van der Waals surface area contributed by atoms with Crippen LogP contribution in [0.1, 0.15) is 76.4 Å². The number of phenolic OH excluding ortho intramolecular Hbond substituents is 1. The predicted octanol–water partition coefficient (Wildman–Crippen LogP) is 4.71. The van der Waals surface area contributed by atoms with E-state index in [2.05, 4.69) is 58.3 Å². The molecule has 0 aromatic heterocycles. The molecular formula is C24H38N2O2. The molecule has 1 heterocycles. The fraction of sp³-hybridized carbons (Fsp3) is 0.625. The molecule has 1 N–H and O–H groups in total. The number of nitrogens with zero attached hydrogens (tertiary/aromatic N) is 2. The molecule has 28 heavy (non-hydrogen) atoms. The van der Waals surface area contributed by atoms with Crippen LogP contribution in [-0.4, -0.2) is 53.4 Å². The van der Waals surface area contributed by atoms with Crippen LogP contribution >= 0.6 is 0 Å². The number of allylic oxidation sites excluding steroid dienone is 1. The molecule has 1 aliphatic rings. The van der Waals surface area contributed by atoms with Gasteiger partial charge < -0.3 is 10.0 Å². The summed E-state index contributed by atoms with van der Waals surface area (Å²) < 4.78 is 0. The number of hydrogen-bond donors (Lipinski definition) is 1. The molecule has 0 atom stereocenters. The topological polar surface area (TPSA) is 43.8 Å². The largest absolute Gasteiger partial charge is 0.507 e. The van der Waals surface area contributed by atoms with Crippen molar-refractivity contribution in [3.8, 4) is 5.75 Å². The first-order chi connectivity index (χ1) is 12.9. The summed E-state index contributed by atoms with van der Waals surface area (Å²) in [4.78, 5) is 17.6. The highest BCUT2D eigenvalue weighted by Gasteiger charge is 2.27. The summed E-state index contributed by atoms with van der Waals surface area (Å²) in [5.41, 5.74) is 1.82. The zero-order valence-electron chi connectivity index (χ0n) is 18.8. The zero-order chi connectivity index (χ0) is 21.1. The molecule has 1 aliphatic heterocycles. The van der Waals surface area contributed by atoms with Crippen molar-refractivity contribution in [3.05, 3.63) is 41.1 Å². The van der Waals surface area contributed by atoms with Crippen molar-refractivity contribution in [2.75, 3.05) is 32.7 Å². The summed E-state index contributed by atoms with van der Waals surface area (Å²) in [6.07, 6.45) is 4.80. The Bertz CT molecular complexity index is 680. The third kappa shape index (κ3) is 5.60. The van der Waals surface area contributed by atoms with Gasteiger partial charge in [-0.25, -0.2) is 0 Å². The average molecular weight is 387 g/mol. The number of carbonyl (C=O) groups is 1. The van der Waals surface area contributed by atoms with Gasteiger partial charge in [-0.15, -0.1) is 0 Å². The Morgan fingerprint density at radius 2 is 1.50 bits per heavy atom. The fourth-order valence-corrected chi connectivity index (χ4v) is 3.64. The van der Waals surface area contributed by atoms with Gasteiger partial charge in [-0.3, -0.25) is 9.69 Å². The van der Waals surface area contributed by atoms with Crippen LogP contribution in [0.3, 0.4) is 0 Å². The van der Waals surface area contributed by atoms with Gasteiger partial charge in [0.25, 0.3) is 0 Å². The quantitative estimate of drug-likeness (QED) is 0.588. The molecule has 0 aliphatic carbocycles. The highest BCUT2D eigenvalue weighted by Crippen LogP contribution is 2.39. The predicted molar refractivity (Wildman–Crippen MR) is 117 cm³/mol. The SMILES string of the molecule is CCCN1CCN(C=CC(=O)c2cc(C(C)(C)C)c(O)c(C(C)(C)C)c2)CC1. The molecular weight excluding hydrogens is 348 g/mol. The second-order valence-corrected chi connectivity index (χ2v) is 9.98. The van der Waals surface area contributed by atoms with Crippen molar-refractivity contribution in [2.24, 2.45) is 0 Å². The maximum atomic E-state index is 12.9. The van der Waals surface area contributed by atoms with Gasteiger partial charge in [0.1, 0.15) is 5.75 Å². The van der Waals surface area contributed by atoms with Gasteiger partial charge in [-0.05, 0) is 35.9 Å². The van der Waals surface area contributed by atoms with Crippen molar-refractivity contribution < 1.29 is 9.90 Å². The van der Waals surface area contributed by atoms with E-state index in [1.807, 2.05) is 18.3 Å². The van der Waals surface area contributed by atoms with Crippen LogP contribution in [0.5, 0.6) is 5.75 Å². The van der Waals surface area contributed by atoms with Crippen LogP contribution in [0.25, 0.3) is 0 Å². The minimum atomic E-state index is -0.236. The second-order valence-electron chi connectivity index (χ2n) is 9.98. The van der Waals surface area contributed by atoms with E-state index in [9.17, 15) is 9.90 Å². The van der Waals surface area contributed by atoms with Crippen LogP contribution in [0.4, 0.5) is 0 Å². The van der Waals surface area contributed by atoms with Gasteiger partial charge in [0.05, 0.1) is 0 Å². The van der Waals surface area contributed by atoms with E-state index in [-0.39, 0.29) is 16.6 Å². The summed E-state index contributed by atoms with van der Waals surface area (Å²) in [5.74, 6) is 0.305. The number of piperazine rings is 1. The van der Waals surface area contributed by atoms with Gasteiger partial charge in [0.2, 0.25) is 0 Å². The number of ketones is 1. The molecule has 0 bridgehead atoms. The van der Waals surface area contributed by atoms with Crippen molar-refractivity contribution in [1.29, 1.82) is 0 Å². The van der Waals surface area contributed by atoms with Gasteiger partial charge in [0, 0.05) is 55.1 Å². The van der Waals surface area contributed by atoms with Crippen LogP contribution in [0.15, 0.2) is 24.4 Å². The second kappa shape index (κ2) is 8.69. The van der Waals surface area contributed by atoms with Crippen LogP contribution < -0.4 is 0 Å². The van der Waals surface area contributed by atoms with Crippen molar-refractivity contribution in [1.82, 2.24) is 9.80 Å². The molecule has 0 saturated carbocycles. The molecule has 2 rings (SSSR count). The van der Waals surface area contributed by atoms with E-state index >= 15 is 0 Å². The Balaban J connectivity index is 2.23. The van der Waals surface area contributed by atoms with E-state index in [0.717, 1.165) is 43.9 Å². The Morgan fingerprint density at radius 1 is 1.00 bits per heavy atom. The Hall–Kier alpha value is -1.81. The van der Waals surface area contributed by atoms with E-state index in [1.165, 1.54) is 6.42 Å². The summed E-state index contributed by atoms with van der Waals surface area (Å²) in [7, 11) is 0. The fourth-order valence-electron chi connectivity index (χ4n) is 3.64. The number of benzene rings is 1. The Morgan fingerprint density at radius 3 is 1.93 bits per heavy atom. The normalized spacial score (nSPS) is 16.8. The minimum Gasteiger partial charge on any atom is -0.507 e. The number of rotatable bonds is 5. The maximum absolute atomic E-state index is 12.9. The maximum Gasteiger partial charge on any atom is 0.187 e. The van der Waals surface area contributed by atoms with E-state index in [1.54, 1.807) is 6.08 Å². The lowest BCUT2D eigenvalue weighted by Gasteiger charge is -2.33. The number of carbonyl (C=O) groups excluding carboxylic acids is 1. The van der Waals surface area contributed by atoms with E-state index < -0.39 is 0 Å². The summed E-state index contributed by atoms with van der Waals surface area (Å²) >= 11 is 0. The number of aromatic hydroxyl groups is 1. The average Bonchev–Trinajstić information content (AvgIpc) is 2.59. The van der Waals surface area contributed by atoms with Gasteiger partial charge in [-0.1, -0.05) is 48.5 Å². The molecule has 4 heteroatoms. The standard InChI is InChI=1S/C24H38N2O2/c1-8-10-25-12-14-26(15-13-25)11-9-21(27)18-16-19(23(2,3)4)22(28)20(17-18)24(5,6)7/h9,11,16-17,28H,8,10,12-15H2,1-7H3. The molecule has 0 radical (unpaired) electrons. The third-order valence-corrected chi connectivity index (χ3v) is 5.39. The molecule has 0 unspecified atom stereocenters. The molecule has 0 amide bonds.